The lowest BCUT2D eigenvalue weighted by Crippen LogP contribution is -2.26. The first-order valence-electron chi connectivity index (χ1n) is 8.82. The van der Waals surface area contributed by atoms with E-state index >= 15 is 0 Å². The molecule has 7 heteroatoms. The summed E-state index contributed by atoms with van der Waals surface area (Å²) in [6, 6.07) is 15.7. The van der Waals surface area contributed by atoms with Crippen molar-refractivity contribution in [2.24, 2.45) is 0 Å². The second kappa shape index (κ2) is 8.41. The number of carbonyl (C=O) groups is 1. The van der Waals surface area contributed by atoms with Crippen molar-refractivity contribution in [2.75, 3.05) is 0 Å². The largest absolute Gasteiger partial charge is 0.468 e. The van der Waals surface area contributed by atoms with E-state index in [9.17, 15) is 13.2 Å². The summed E-state index contributed by atoms with van der Waals surface area (Å²) in [5.41, 5.74) is 3.12. The van der Waals surface area contributed by atoms with Gasteiger partial charge in [0.15, 0.2) is 0 Å². The van der Waals surface area contributed by atoms with E-state index in [-0.39, 0.29) is 17.3 Å². The summed E-state index contributed by atoms with van der Waals surface area (Å²) in [5, 5.41) is 2.86. The van der Waals surface area contributed by atoms with Gasteiger partial charge in [-0.15, -0.1) is 0 Å². The van der Waals surface area contributed by atoms with E-state index in [1.165, 1.54) is 18.4 Å². The third-order valence-corrected chi connectivity index (χ3v) is 5.88. The number of aryl methyl sites for hydroxylation is 2. The molecule has 0 atom stereocenters. The summed E-state index contributed by atoms with van der Waals surface area (Å²) in [6.07, 6.45) is 1.48. The number of carbonyl (C=O) groups excluding carboxylic acids is 1. The van der Waals surface area contributed by atoms with Crippen molar-refractivity contribution < 1.29 is 17.6 Å². The van der Waals surface area contributed by atoms with E-state index in [1.54, 1.807) is 25.1 Å². The Balaban J connectivity index is 1.74. The van der Waals surface area contributed by atoms with Crippen LogP contribution in [-0.4, -0.2) is 14.3 Å². The van der Waals surface area contributed by atoms with Crippen LogP contribution in [0.15, 0.2) is 70.2 Å². The molecule has 0 aliphatic carbocycles. The first kappa shape index (κ1) is 19.9. The van der Waals surface area contributed by atoms with Gasteiger partial charge in [0.05, 0.1) is 17.7 Å². The Bertz CT molecular complexity index is 1070. The predicted octanol–water partition coefficient (Wildman–Crippen LogP) is 3.30. The number of hydrogen-bond acceptors (Lipinski definition) is 4. The van der Waals surface area contributed by atoms with E-state index in [0.29, 0.717) is 23.4 Å². The SMILES string of the molecule is Cc1ccccc1CNC(=O)c1cc(S(=O)(=O)NCc2ccco2)ccc1C. The van der Waals surface area contributed by atoms with E-state index in [1.807, 2.05) is 31.2 Å². The van der Waals surface area contributed by atoms with Crippen LogP contribution in [0.4, 0.5) is 0 Å². The lowest BCUT2D eigenvalue weighted by Gasteiger charge is -2.12. The maximum absolute atomic E-state index is 12.6. The molecule has 0 bridgehead atoms. The van der Waals surface area contributed by atoms with Gasteiger partial charge in [-0.05, 0) is 54.8 Å². The molecule has 0 spiro atoms. The zero-order chi connectivity index (χ0) is 20.1. The standard InChI is InChI=1S/C21H22N2O4S/c1-15-6-3-4-7-17(15)13-22-21(24)20-12-19(10-9-16(20)2)28(25,26)23-14-18-8-5-11-27-18/h3-12,23H,13-14H2,1-2H3,(H,22,24). The number of rotatable bonds is 7. The molecule has 3 rings (SSSR count). The molecule has 1 aromatic heterocycles. The molecule has 3 aromatic rings. The minimum absolute atomic E-state index is 0.0331. The molecule has 146 valence electrons. The molecule has 6 nitrogen and oxygen atoms in total. The van der Waals surface area contributed by atoms with Crippen LogP contribution in [0.2, 0.25) is 0 Å². The maximum atomic E-state index is 12.6. The number of furan rings is 1. The predicted molar refractivity (Wildman–Crippen MR) is 106 cm³/mol. The van der Waals surface area contributed by atoms with Crippen molar-refractivity contribution in [2.45, 2.75) is 31.8 Å². The zero-order valence-electron chi connectivity index (χ0n) is 15.7. The van der Waals surface area contributed by atoms with Gasteiger partial charge in [0.25, 0.3) is 5.91 Å². The number of sulfonamides is 1. The van der Waals surface area contributed by atoms with Crippen molar-refractivity contribution in [1.82, 2.24) is 10.0 Å². The first-order valence-corrected chi connectivity index (χ1v) is 10.3. The van der Waals surface area contributed by atoms with Crippen molar-refractivity contribution >= 4 is 15.9 Å². The molecule has 1 heterocycles. The topological polar surface area (TPSA) is 88.4 Å². The fraction of sp³-hybridized carbons (Fsp3) is 0.190. The molecular formula is C21H22N2O4S. The normalized spacial score (nSPS) is 11.4. The number of amides is 1. The van der Waals surface area contributed by atoms with Crippen LogP contribution in [0, 0.1) is 13.8 Å². The second-order valence-electron chi connectivity index (χ2n) is 6.49. The van der Waals surface area contributed by atoms with Crippen LogP contribution in [0.5, 0.6) is 0 Å². The molecule has 0 radical (unpaired) electrons. The minimum atomic E-state index is -3.77. The van der Waals surface area contributed by atoms with Crippen LogP contribution >= 0.6 is 0 Å². The molecule has 0 saturated carbocycles. The molecule has 2 aromatic carbocycles. The highest BCUT2D eigenvalue weighted by Gasteiger charge is 2.18. The Morgan fingerprint density at radius 3 is 2.46 bits per heavy atom. The van der Waals surface area contributed by atoms with Gasteiger partial charge >= 0.3 is 0 Å². The Hall–Kier alpha value is -2.90. The van der Waals surface area contributed by atoms with Gasteiger partial charge in [-0.25, -0.2) is 13.1 Å². The number of nitrogens with one attached hydrogen (secondary N) is 2. The maximum Gasteiger partial charge on any atom is 0.251 e. The molecule has 0 saturated heterocycles. The highest BCUT2D eigenvalue weighted by molar-refractivity contribution is 7.89. The Labute approximate surface area is 164 Å². The summed E-state index contributed by atoms with van der Waals surface area (Å²) < 4.78 is 32.7. The van der Waals surface area contributed by atoms with Gasteiger partial charge in [0.2, 0.25) is 10.0 Å². The van der Waals surface area contributed by atoms with Gasteiger partial charge in [-0.1, -0.05) is 30.3 Å². The average molecular weight is 398 g/mol. The first-order chi connectivity index (χ1) is 13.4. The van der Waals surface area contributed by atoms with E-state index in [4.69, 9.17) is 4.42 Å². The van der Waals surface area contributed by atoms with Gasteiger partial charge in [-0.2, -0.15) is 0 Å². The van der Waals surface area contributed by atoms with Crippen LogP contribution in [0.1, 0.15) is 32.8 Å². The Morgan fingerprint density at radius 1 is 0.964 bits per heavy atom. The highest BCUT2D eigenvalue weighted by Crippen LogP contribution is 2.17. The summed E-state index contributed by atoms with van der Waals surface area (Å²) in [6.45, 7) is 4.16. The summed E-state index contributed by atoms with van der Waals surface area (Å²) in [5.74, 6) is 0.190. The molecule has 0 unspecified atom stereocenters. The van der Waals surface area contributed by atoms with Gasteiger partial charge in [-0.3, -0.25) is 4.79 Å². The Morgan fingerprint density at radius 2 is 1.75 bits per heavy atom. The Kier molecular flexibility index (Phi) is 5.96. The summed E-state index contributed by atoms with van der Waals surface area (Å²) in [4.78, 5) is 12.7. The number of benzene rings is 2. The molecule has 1 amide bonds. The molecule has 28 heavy (non-hydrogen) atoms. The fourth-order valence-corrected chi connectivity index (χ4v) is 3.77. The van der Waals surface area contributed by atoms with Crippen LogP contribution in [0.25, 0.3) is 0 Å². The van der Waals surface area contributed by atoms with E-state index in [0.717, 1.165) is 11.1 Å². The molecule has 2 N–H and O–H groups in total. The molecular weight excluding hydrogens is 376 g/mol. The van der Waals surface area contributed by atoms with Crippen molar-refractivity contribution in [3.8, 4) is 0 Å². The van der Waals surface area contributed by atoms with Crippen molar-refractivity contribution in [3.05, 3.63) is 88.9 Å². The van der Waals surface area contributed by atoms with Crippen LogP contribution in [0.3, 0.4) is 0 Å². The monoisotopic (exact) mass is 398 g/mol. The third-order valence-electron chi connectivity index (χ3n) is 4.48. The smallest absolute Gasteiger partial charge is 0.251 e. The fourth-order valence-electron chi connectivity index (χ4n) is 2.75. The van der Waals surface area contributed by atoms with Gasteiger partial charge in [0.1, 0.15) is 5.76 Å². The van der Waals surface area contributed by atoms with Crippen LogP contribution < -0.4 is 10.0 Å². The summed E-state index contributed by atoms with van der Waals surface area (Å²) >= 11 is 0. The van der Waals surface area contributed by atoms with Gasteiger partial charge in [0, 0.05) is 12.1 Å². The molecule has 0 aliphatic rings. The lowest BCUT2D eigenvalue weighted by molar-refractivity contribution is 0.0950. The zero-order valence-corrected chi connectivity index (χ0v) is 16.5. The number of hydrogen-bond donors (Lipinski definition) is 2. The van der Waals surface area contributed by atoms with Crippen molar-refractivity contribution in [1.29, 1.82) is 0 Å². The highest BCUT2D eigenvalue weighted by atomic mass is 32.2. The van der Waals surface area contributed by atoms with Gasteiger partial charge < -0.3 is 9.73 Å². The quantitative estimate of drug-likeness (QED) is 0.639. The lowest BCUT2D eigenvalue weighted by atomic mass is 10.1. The van der Waals surface area contributed by atoms with Crippen LogP contribution in [-0.2, 0) is 23.1 Å². The van der Waals surface area contributed by atoms with E-state index in [2.05, 4.69) is 10.0 Å². The van der Waals surface area contributed by atoms with Crippen molar-refractivity contribution in [3.63, 3.8) is 0 Å². The van der Waals surface area contributed by atoms with E-state index < -0.39 is 10.0 Å². The average Bonchev–Trinajstić information content (AvgIpc) is 3.19. The third kappa shape index (κ3) is 4.68. The molecule has 0 fully saturated rings. The second-order valence-corrected chi connectivity index (χ2v) is 8.26. The molecule has 0 aliphatic heterocycles. The summed E-state index contributed by atoms with van der Waals surface area (Å²) in [7, 11) is -3.77. The minimum Gasteiger partial charge on any atom is -0.468 e.